The molecule has 0 bridgehead atoms. The van der Waals surface area contributed by atoms with Gasteiger partial charge in [-0.25, -0.2) is 9.18 Å². The van der Waals surface area contributed by atoms with E-state index in [1.807, 2.05) is 0 Å². The Morgan fingerprint density at radius 2 is 2.00 bits per heavy atom. The molecule has 0 heterocycles. The van der Waals surface area contributed by atoms with Gasteiger partial charge >= 0.3 is 5.97 Å². The van der Waals surface area contributed by atoms with Gasteiger partial charge in [-0.2, -0.15) is 0 Å². The van der Waals surface area contributed by atoms with Crippen LogP contribution in [0.15, 0.2) is 36.4 Å². The van der Waals surface area contributed by atoms with E-state index in [-0.39, 0.29) is 11.4 Å². The molecule has 0 unspecified atom stereocenters. The van der Waals surface area contributed by atoms with E-state index in [4.69, 9.17) is 10.8 Å². The van der Waals surface area contributed by atoms with E-state index in [1.54, 1.807) is 31.2 Å². The van der Waals surface area contributed by atoms with Crippen LogP contribution in [-0.2, 0) is 0 Å². The van der Waals surface area contributed by atoms with E-state index >= 15 is 0 Å². The first-order valence-corrected chi connectivity index (χ1v) is 5.63. The molecular formula is C14H13FN2O2. The number of anilines is 3. The standard InChI is InChI=1S/C14H13FN2O2/c1-8-2-4-10(7-12(8)15)17-13-5-3-9(16)6-11(13)14(18)19/h2-7,17H,16H2,1H3,(H,18,19). The van der Waals surface area contributed by atoms with Gasteiger partial charge in [-0.15, -0.1) is 0 Å². The molecule has 0 aromatic heterocycles. The molecule has 98 valence electrons. The van der Waals surface area contributed by atoms with Gasteiger partial charge in [0.1, 0.15) is 5.82 Å². The number of hydrogen-bond donors (Lipinski definition) is 3. The third-order valence-electron chi connectivity index (χ3n) is 2.72. The van der Waals surface area contributed by atoms with Crippen molar-refractivity contribution >= 4 is 23.0 Å². The zero-order valence-electron chi connectivity index (χ0n) is 10.3. The van der Waals surface area contributed by atoms with Gasteiger partial charge in [0.2, 0.25) is 0 Å². The normalized spacial score (nSPS) is 10.2. The number of nitrogen functional groups attached to an aromatic ring is 1. The summed E-state index contributed by atoms with van der Waals surface area (Å²) in [7, 11) is 0. The van der Waals surface area contributed by atoms with Gasteiger partial charge in [0.25, 0.3) is 0 Å². The van der Waals surface area contributed by atoms with Crippen LogP contribution in [0.4, 0.5) is 21.5 Å². The summed E-state index contributed by atoms with van der Waals surface area (Å²) in [6, 6.07) is 9.11. The summed E-state index contributed by atoms with van der Waals surface area (Å²) in [6.45, 7) is 1.66. The molecule has 4 N–H and O–H groups in total. The van der Waals surface area contributed by atoms with Crippen molar-refractivity contribution in [1.29, 1.82) is 0 Å². The average Bonchev–Trinajstić information content (AvgIpc) is 2.36. The Kier molecular flexibility index (Phi) is 3.37. The molecule has 0 saturated heterocycles. The summed E-state index contributed by atoms with van der Waals surface area (Å²) >= 11 is 0. The van der Waals surface area contributed by atoms with E-state index in [9.17, 15) is 9.18 Å². The molecule has 5 heteroatoms. The van der Waals surface area contributed by atoms with E-state index in [0.717, 1.165) is 0 Å². The lowest BCUT2D eigenvalue weighted by atomic mass is 10.1. The Bertz CT molecular complexity index is 641. The van der Waals surface area contributed by atoms with Crippen LogP contribution in [0.5, 0.6) is 0 Å². The number of carboxylic acids is 1. The zero-order chi connectivity index (χ0) is 14.0. The highest BCUT2D eigenvalue weighted by atomic mass is 19.1. The summed E-state index contributed by atoms with van der Waals surface area (Å²) in [5.74, 6) is -1.44. The highest BCUT2D eigenvalue weighted by molar-refractivity contribution is 5.96. The molecule has 2 aromatic rings. The maximum Gasteiger partial charge on any atom is 0.337 e. The number of nitrogens with two attached hydrogens (primary N) is 1. The number of halogens is 1. The van der Waals surface area contributed by atoms with E-state index in [0.29, 0.717) is 22.6 Å². The summed E-state index contributed by atoms with van der Waals surface area (Å²) in [5, 5.41) is 12.0. The molecule has 19 heavy (non-hydrogen) atoms. The Hall–Kier alpha value is -2.56. The summed E-state index contributed by atoms with van der Waals surface area (Å²) in [5.41, 5.74) is 7.33. The fraction of sp³-hybridized carbons (Fsp3) is 0.0714. The average molecular weight is 260 g/mol. The van der Waals surface area contributed by atoms with Crippen LogP contribution in [-0.4, -0.2) is 11.1 Å². The number of nitrogens with one attached hydrogen (secondary N) is 1. The molecule has 2 rings (SSSR count). The van der Waals surface area contributed by atoms with Gasteiger partial charge in [0.15, 0.2) is 0 Å². The molecular weight excluding hydrogens is 247 g/mol. The fourth-order valence-electron chi connectivity index (χ4n) is 1.67. The van der Waals surface area contributed by atoms with E-state index in [1.165, 1.54) is 12.1 Å². The molecule has 2 aromatic carbocycles. The molecule has 0 aliphatic heterocycles. The van der Waals surface area contributed by atoms with Crippen molar-refractivity contribution in [3.63, 3.8) is 0 Å². The van der Waals surface area contributed by atoms with Crippen LogP contribution in [0.3, 0.4) is 0 Å². The van der Waals surface area contributed by atoms with Gasteiger partial charge in [0, 0.05) is 11.4 Å². The second-order valence-corrected chi connectivity index (χ2v) is 4.20. The molecule has 0 saturated carbocycles. The second kappa shape index (κ2) is 4.97. The van der Waals surface area contributed by atoms with Gasteiger partial charge in [-0.1, -0.05) is 6.07 Å². The monoisotopic (exact) mass is 260 g/mol. The SMILES string of the molecule is Cc1ccc(Nc2ccc(N)cc2C(=O)O)cc1F. The molecule has 0 aliphatic carbocycles. The summed E-state index contributed by atoms with van der Waals surface area (Å²) in [4.78, 5) is 11.1. The molecule has 0 atom stereocenters. The Morgan fingerprint density at radius 1 is 1.26 bits per heavy atom. The van der Waals surface area contributed by atoms with Gasteiger partial charge in [-0.05, 0) is 42.8 Å². The Labute approximate surface area is 109 Å². The summed E-state index contributed by atoms with van der Waals surface area (Å²) < 4.78 is 13.4. The molecule has 0 amide bonds. The number of aryl methyl sites for hydroxylation is 1. The maximum atomic E-state index is 13.4. The number of carboxylic acid groups (broad SMARTS) is 1. The highest BCUT2D eigenvalue weighted by Gasteiger charge is 2.11. The minimum Gasteiger partial charge on any atom is -0.478 e. The molecule has 0 spiro atoms. The zero-order valence-corrected chi connectivity index (χ0v) is 10.3. The third-order valence-corrected chi connectivity index (χ3v) is 2.72. The predicted molar refractivity (Wildman–Crippen MR) is 72.2 cm³/mol. The van der Waals surface area contributed by atoms with Crippen molar-refractivity contribution in [1.82, 2.24) is 0 Å². The lowest BCUT2D eigenvalue weighted by molar-refractivity contribution is 0.0698. The maximum absolute atomic E-state index is 13.4. The van der Waals surface area contributed by atoms with Crippen molar-refractivity contribution < 1.29 is 14.3 Å². The number of hydrogen-bond acceptors (Lipinski definition) is 3. The molecule has 0 aliphatic rings. The largest absolute Gasteiger partial charge is 0.478 e. The lowest BCUT2D eigenvalue weighted by Gasteiger charge is -2.11. The number of rotatable bonds is 3. The van der Waals surface area contributed by atoms with Crippen LogP contribution in [0, 0.1) is 12.7 Å². The second-order valence-electron chi connectivity index (χ2n) is 4.20. The van der Waals surface area contributed by atoms with Crippen molar-refractivity contribution in [2.45, 2.75) is 6.92 Å². The van der Waals surface area contributed by atoms with E-state index < -0.39 is 5.97 Å². The van der Waals surface area contributed by atoms with Crippen LogP contribution >= 0.6 is 0 Å². The highest BCUT2D eigenvalue weighted by Crippen LogP contribution is 2.24. The minimum atomic E-state index is -1.10. The smallest absolute Gasteiger partial charge is 0.337 e. The van der Waals surface area contributed by atoms with Crippen LogP contribution in [0.2, 0.25) is 0 Å². The van der Waals surface area contributed by atoms with E-state index in [2.05, 4.69) is 5.32 Å². The quantitative estimate of drug-likeness (QED) is 0.741. The first-order valence-electron chi connectivity index (χ1n) is 5.63. The predicted octanol–water partition coefficient (Wildman–Crippen LogP) is 3.16. The van der Waals surface area contributed by atoms with Gasteiger partial charge in [-0.3, -0.25) is 0 Å². The minimum absolute atomic E-state index is 0.0426. The third kappa shape index (κ3) is 2.82. The first kappa shape index (κ1) is 12.9. The first-order chi connectivity index (χ1) is 8.97. The topological polar surface area (TPSA) is 75.3 Å². The van der Waals surface area contributed by atoms with Crippen molar-refractivity contribution in [2.24, 2.45) is 0 Å². The summed E-state index contributed by atoms with van der Waals surface area (Å²) in [6.07, 6.45) is 0. The molecule has 0 radical (unpaired) electrons. The Balaban J connectivity index is 2.37. The van der Waals surface area contributed by atoms with Crippen molar-refractivity contribution in [3.8, 4) is 0 Å². The Morgan fingerprint density at radius 3 is 2.63 bits per heavy atom. The number of carbonyl (C=O) groups is 1. The fourth-order valence-corrected chi connectivity index (χ4v) is 1.67. The number of aromatic carboxylic acids is 1. The van der Waals surface area contributed by atoms with Gasteiger partial charge in [0.05, 0.1) is 11.3 Å². The number of benzene rings is 2. The molecule has 0 fully saturated rings. The van der Waals surface area contributed by atoms with Crippen LogP contribution in [0.1, 0.15) is 15.9 Å². The lowest BCUT2D eigenvalue weighted by Crippen LogP contribution is -2.04. The van der Waals surface area contributed by atoms with Crippen molar-refractivity contribution in [3.05, 3.63) is 53.3 Å². The van der Waals surface area contributed by atoms with Crippen LogP contribution < -0.4 is 11.1 Å². The molecule has 4 nitrogen and oxygen atoms in total. The van der Waals surface area contributed by atoms with Crippen molar-refractivity contribution in [2.75, 3.05) is 11.1 Å². The van der Waals surface area contributed by atoms with Gasteiger partial charge < -0.3 is 16.2 Å². The van der Waals surface area contributed by atoms with Crippen LogP contribution in [0.25, 0.3) is 0 Å².